The first-order chi connectivity index (χ1) is 11.7. The molecule has 0 radical (unpaired) electrons. The quantitative estimate of drug-likeness (QED) is 0.856. The van der Waals surface area contributed by atoms with Crippen molar-refractivity contribution in [1.29, 1.82) is 0 Å². The van der Waals surface area contributed by atoms with Gasteiger partial charge in [-0.1, -0.05) is 24.3 Å². The molecule has 1 heterocycles. The van der Waals surface area contributed by atoms with E-state index in [4.69, 9.17) is 5.73 Å². The van der Waals surface area contributed by atoms with Crippen LogP contribution in [0, 0.1) is 13.8 Å². The molecule has 1 aliphatic rings. The van der Waals surface area contributed by atoms with Gasteiger partial charge in [0.15, 0.2) is 0 Å². The van der Waals surface area contributed by atoms with Crippen LogP contribution in [-0.4, -0.2) is 19.1 Å². The highest BCUT2D eigenvalue weighted by molar-refractivity contribution is 5.51. The first-order valence-corrected chi connectivity index (χ1v) is 8.49. The number of nitrogens with two attached hydrogens (primary N) is 1. The van der Waals surface area contributed by atoms with Crippen LogP contribution in [0.1, 0.15) is 34.6 Å². The summed E-state index contributed by atoms with van der Waals surface area (Å²) in [6.45, 7) is 5.40. The summed E-state index contributed by atoms with van der Waals surface area (Å²) in [6.07, 6.45) is -3.49. The predicted molar refractivity (Wildman–Crippen MR) is 94.9 cm³/mol. The third-order valence-corrected chi connectivity index (χ3v) is 5.02. The summed E-state index contributed by atoms with van der Waals surface area (Å²) >= 11 is 0. The lowest BCUT2D eigenvalue weighted by Gasteiger charge is -2.38. The number of anilines is 1. The van der Waals surface area contributed by atoms with Gasteiger partial charge in [0, 0.05) is 30.7 Å². The molecule has 1 saturated heterocycles. The van der Waals surface area contributed by atoms with Crippen LogP contribution in [-0.2, 0) is 6.18 Å². The lowest BCUT2D eigenvalue weighted by molar-refractivity contribution is -0.137. The van der Waals surface area contributed by atoms with Crippen LogP contribution in [0.4, 0.5) is 18.9 Å². The third kappa shape index (κ3) is 3.98. The molecule has 1 fully saturated rings. The minimum absolute atomic E-state index is 0.0603. The van der Waals surface area contributed by atoms with E-state index >= 15 is 0 Å². The molecule has 2 unspecified atom stereocenters. The Balaban J connectivity index is 1.87. The molecule has 2 atom stereocenters. The Morgan fingerprint density at radius 1 is 1.00 bits per heavy atom. The van der Waals surface area contributed by atoms with Crippen molar-refractivity contribution in [2.24, 2.45) is 5.73 Å². The average Bonchev–Trinajstić information content (AvgIpc) is 2.56. The summed E-state index contributed by atoms with van der Waals surface area (Å²) in [7, 11) is 0. The number of nitrogens with zero attached hydrogens (tertiary/aromatic N) is 1. The lowest BCUT2D eigenvalue weighted by atomic mass is 9.86. The Labute approximate surface area is 146 Å². The monoisotopic (exact) mass is 348 g/mol. The molecular formula is C20H23F3N2. The van der Waals surface area contributed by atoms with E-state index in [1.54, 1.807) is 6.07 Å². The van der Waals surface area contributed by atoms with Crippen molar-refractivity contribution in [3.63, 3.8) is 0 Å². The summed E-state index contributed by atoms with van der Waals surface area (Å²) < 4.78 is 39.0. The zero-order valence-corrected chi connectivity index (χ0v) is 14.5. The minimum Gasteiger partial charge on any atom is -0.369 e. The van der Waals surface area contributed by atoms with Gasteiger partial charge in [-0.2, -0.15) is 13.2 Å². The van der Waals surface area contributed by atoms with E-state index in [1.165, 1.54) is 28.8 Å². The molecule has 2 nitrogen and oxygen atoms in total. The van der Waals surface area contributed by atoms with Gasteiger partial charge >= 0.3 is 6.18 Å². The maximum Gasteiger partial charge on any atom is 0.416 e. The van der Waals surface area contributed by atoms with Crippen LogP contribution in [0.25, 0.3) is 0 Å². The highest BCUT2D eigenvalue weighted by Crippen LogP contribution is 2.34. The molecule has 0 aliphatic carbocycles. The molecule has 2 aromatic rings. The van der Waals surface area contributed by atoms with Crippen molar-refractivity contribution in [3.8, 4) is 0 Å². The van der Waals surface area contributed by atoms with Crippen molar-refractivity contribution in [2.45, 2.75) is 38.4 Å². The highest BCUT2D eigenvalue weighted by atomic mass is 19.4. The Hall–Kier alpha value is -2.01. The molecule has 2 N–H and O–H groups in total. The van der Waals surface area contributed by atoms with E-state index in [0.29, 0.717) is 18.8 Å². The molecule has 0 spiro atoms. The van der Waals surface area contributed by atoms with E-state index in [0.717, 1.165) is 12.5 Å². The maximum atomic E-state index is 13.0. The zero-order valence-electron chi connectivity index (χ0n) is 14.5. The van der Waals surface area contributed by atoms with Crippen LogP contribution < -0.4 is 10.6 Å². The smallest absolute Gasteiger partial charge is 0.369 e. The first kappa shape index (κ1) is 17.8. The van der Waals surface area contributed by atoms with E-state index in [-0.39, 0.29) is 12.0 Å². The van der Waals surface area contributed by atoms with Crippen LogP contribution in [0.2, 0.25) is 0 Å². The van der Waals surface area contributed by atoms with E-state index in [9.17, 15) is 13.2 Å². The van der Waals surface area contributed by atoms with Gasteiger partial charge in [0.25, 0.3) is 0 Å². The second kappa shape index (κ2) is 6.71. The fraction of sp³-hybridized carbons (Fsp3) is 0.400. The van der Waals surface area contributed by atoms with Gasteiger partial charge in [-0.3, -0.25) is 0 Å². The summed E-state index contributed by atoms with van der Waals surface area (Å²) in [5.41, 5.74) is 9.84. The average molecular weight is 348 g/mol. The molecule has 0 amide bonds. The number of alkyl halides is 3. The molecule has 2 aromatic carbocycles. The Kier molecular flexibility index (Phi) is 4.78. The second-order valence-corrected chi connectivity index (χ2v) is 6.99. The number of hydrogen-bond acceptors (Lipinski definition) is 2. The molecule has 134 valence electrons. The molecule has 25 heavy (non-hydrogen) atoms. The van der Waals surface area contributed by atoms with Gasteiger partial charge in [0.2, 0.25) is 0 Å². The maximum absolute atomic E-state index is 13.0. The standard InChI is InChI=1S/C20H23F3N2/c1-13-6-7-15(8-14(13)2)16-9-18(24)12-25(11-16)19-5-3-4-17(10-19)20(21,22)23/h3-8,10,16,18H,9,11-12,24H2,1-2H3. The summed E-state index contributed by atoms with van der Waals surface area (Å²) in [4.78, 5) is 1.98. The van der Waals surface area contributed by atoms with Gasteiger partial charge in [0.05, 0.1) is 5.56 Å². The Bertz CT molecular complexity index is 755. The normalized spacial score (nSPS) is 21.4. The number of rotatable bonds is 2. The second-order valence-electron chi connectivity index (χ2n) is 6.99. The summed E-state index contributed by atoms with van der Waals surface area (Å²) in [5, 5.41) is 0. The fourth-order valence-corrected chi connectivity index (χ4v) is 3.49. The summed E-state index contributed by atoms with van der Waals surface area (Å²) in [5.74, 6) is 0.220. The van der Waals surface area contributed by atoms with Crippen molar-refractivity contribution in [3.05, 3.63) is 64.7 Å². The molecule has 0 saturated carbocycles. The zero-order chi connectivity index (χ0) is 18.2. The number of piperidine rings is 1. The molecule has 0 aromatic heterocycles. The van der Waals surface area contributed by atoms with E-state index < -0.39 is 11.7 Å². The van der Waals surface area contributed by atoms with Crippen LogP contribution >= 0.6 is 0 Å². The SMILES string of the molecule is Cc1ccc(C2CC(N)CN(c3cccc(C(F)(F)F)c3)C2)cc1C. The van der Waals surface area contributed by atoms with Crippen molar-refractivity contribution in [1.82, 2.24) is 0 Å². The number of halogens is 3. The topological polar surface area (TPSA) is 29.3 Å². The molecular weight excluding hydrogens is 325 g/mol. The number of hydrogen-bond donors (Lipinski definition) is 1. The highest BCUT2D eigenvalue weighted by Gasteiger charge is 2.32. The van der Waals surface area contributed by atoms with Gasteiger partial charge in [-0.15, -0.1) is 0 Å². The third-order valence-electron chi connectivity index (χ3n) is 5.02. The lowest BCUT2D eigenvalue weighted by Crippen LogP contribution is -2.46. The Morgan fingerprint density at radius 3 is 2.44 bits per heavy atom. The first-order valence-electron chi connectivity index (χ1n) is 8.49. The number of benzene rings is 2. The van der Waals surface area contributed by atoms with Gasteiger partial charge in [-0.05, 0) is 55.2 Å². The number of aryl methyl sites for hydroxylation is 2. The molecule has 5 heteroatoms. The molecule has 3 rings (SSSR count). The summed E-state index contributed by atoms with van der Waals surface area (Å²) in [6, 6.07) is 11.8. The van der Waals surface area contributed by atoms with Crippen LogP contribution in [0.5, 0.6) is 0 Å². The van der Waals surface area contributed by atoms with Crippen LogP contribution in [0.15, 0.2) is 42.5 Å². The largest absolute Gasteiger partial charge is 0.416 e. The van der Waals surface area contributed by atoms with Crippen molar-refractivity contribution in [2.75, 3.05) is 18.0 Å². The fourth-order valence-electron chi connectivity index (χ4n) is 3.49. The Morgan fingerprint density at radius 2 is 1.76 bits per heavy atom. The predicted octanol–water partition coefficient (Wildman–Crippen LogP) is 4.64. The van der Waals surface area contributed by atoms with Crippen molar-refractivity contribution < 1.29 is 13.2 Å². The van der Waals surface area contributed by atoms with Gasteiger partial charge in [-0.25, -0.2) is 0 Å². The van der Waals surface area contributed by atoms with E-state index in [1.807, 2.05) is 4.90 Å². The van der Waals surface area contributed by atoms with Crippen molar-refractivity contribution >= 4 is 5.69 Å². The molecule has 1 aliphatic heterocycles. The van der Waals surface area contributed by atoms with Crippen LogP contribution in [0.3, 0.4) is 0 Å². The molecule has 0 bridgehead atoms. The minimum atomic E-state index is -4.33. The van der Waals surface area contributed by atoms with Gasteiger partial charge in [0.1, 0.15) is 0 Å². The van der Waals surface area contributed by atoms with Gasteiger partial charge < -0.3 is 10.6 Å². The van der Waals surface area contributed by atoms with E-state index in [2.05, 4.69) is 32.0 Å².